The molecule has 1 aromatic carbocycles. The zero-order valence-corrected chi connectivity index (χ0v) is 28.9. The molecule has 238 valence electrons. The van der Waals surface area contributed by atoms with Gasteiger partial charge in [0.2, 0.25) is 5.95 Å². The first-order chi connectivity index (χ1) is 21.0. The second kappa shape index (κ2) is 11.8. The van der Waals surface area contributed by atoms with Crippen molar-refractivity contribution in [3.63, 3.8) is 0 Å². The Morgan fingerprint density at radius 3 is 2.62 bits per heavy atom. The van der Waals surface area contributed by atoms with Gasteiger partial charge in [0.15, 0.2) is 8.32 Å². The normalized spacial score (nSPS) is 18.2. The monoisotopic (exact) mass is 628 g/mol. The van der Waals surface area contributed by atoms with Crippen LogP contribution < -0.4 is 10.2 Å². The lowest BCUT2D eigenvalue weighted by molar-refractivity contribution is 0.0575. The summed E-state index contributed by atoms with van der Waals surface area (Å²) in [6.07, 6.45) is 3.78. The minimum atomic E-state index is -2.12. The van der Waals surface area contributed by atoms with Gasteiger partial charge in [0.05, 0.1) is 42.0 Å². The molecule has 0 spiro atoms. The summed E-state index contributed by atoms with van der Waals surface area (Å²) in [4.78, 5) is 28.9. The van der Waals surface area contributed by atoms with Crippen molar-refractivity contribution < 1.29 is 18.7 Å². The Kier molecular flexibility index (Phi) is 8.55. The van der Waals surface area contributed by atoms with Crippen molar-refractivity contribution in [2.24, 2.45) is 0 Å². The Morgan fingerprint density at radius 2 is 1.93 bits per heavy atom. The number of ether oxygens (including phenoxy) is 2. The van der Waals surface area contributed by atoms with Gasteiger partial charge in [0, 0.05) is 48.0 Å². The summed E-state index contributed by atoms with van der Waals surface area (Å²) in [6.45, 7) is 20.6. The Balaban J connectivity index is 1.53. The third-order valence-corrected chi connectivity index (χ3v) is 13.3. The van der Waals surface area contributed by atoms with E-state index in [-0.39, 0.29) is 5.04 Å². The van der Waals surface area contributed by atoms with Crippen molar-refractivity contribution in [1.82, 2.24) is 15.0 Å². The van der Waals surface area contributed by atoms with Gasteiger partial charge in [-0.05, 0) is 68.7 Å². The number of nitriles is 1. The molecule has 11 heteroatoms. The minimum Gasteiger partial charge on any atom is -0.443 e. The molecule has 5 rings (SSSR count). The van der Waals surface area contributed by atoms with E-state index in [0.717, 1.165) is 34.5 Å². The van der Waals surface area contributed by atoms with Crippen LogP contribution in [0.25, 0.3) is 11.3 Å². The fourth-order valence-electron chi connectivity index (χ4n) is 5.30. The van der Waals surface area contributed by atoms with Crippen molar-refractivity contribution in [3.05, 3.63) is 59.0 Å². The maximum absolute atomic E-state index is 13.5. The number of nitrogens with zero attached hydrogens (tertiary/aromatic N) is 5. The highest BCUT2D eigenvalue weighted by Crippen LogP contribution is 2.47. The summed E-state index contributed by atoms with van der Waals surface area (Å²) in [5, 5.41) is 13.7. The Bertz CT molecular complexity index is 1660. The molecular weight excluding hydrogens is 584 g/mol. The summed E-state index contributed by atoms with van der Waals surface area (Å²) >= 11 is 0. The van der Waals surface area contributed by atoms with E-state index < -0.39 is 25.4 Å². The van der Waals surface area contributed by atoms with E-state index in [4.69, 9.17) is 18.9 Å². The van der Waals surface area contributed by atoms with Gasteiger partial charge in [-0.25, -0.2) is 14.8 Å². The van der Waals surface area contributed by atoms with E-state index in [1.54, 1.807) is 23.4 Å². The molecule has 0 saturated carbocycles. The number of pyridine rings is 1. The lowest BCUT2D eigenvalue weighted by Gasteiger charge is -2.39. The summed E-state index contributed by atoms with van der Waals surface area (Å²) < 4.78 is 18.1. The van der Waals surface area contributed by atoms with E-state index >= 15 is 0 Å². The van der Waals surface area contributed by atoms with Crippen molar-refractivity contribution in [3.8, 4) is 17.3 Å². The van der Waals surface area contributed by atoms with Crippen LogP contribution in [0.5, 0.6) is 0 Å². The van der Waals surface area contributed by atoms with Crippen molar-refractivity contribution in [2.75, 3.05) is 30.0 Å². The molecule has 1 N–H and O–H groups in total. The second-order valence-electron chi connectivity index (χ2n) is 14.7. The summed E-state index contributed by atoms with van der Waals surface area (Å²) in [7, 11) is -2.12. The molecule has 45 heavy (non-hydrogen) atoms. The van der Waals surface area contributed by atoms with Crippen LogP contribution in [0.3, 0.4) is 0 Å². The number of nitrogens with one attached hydrogen (secondary N) is 1. The van der Waals surface area contributed by atoms with Crippen LogP contribution in [0.4, 0.5) is 22.1 Å². The number of benzene rings is 1. The van der Waals surface area contributed by atoms with Crippen LogP contribution in [-0.2, 0) is 32.3 Å². The average molecular weight is 629 g/mol. The Labute approximate surface area is 267 Å². The van der Waals surface area contributed by atoms with Crippen LogP contribution in [0.1, 0.15) is 70.9 Å². The first kappa shape index (κ1) is 32.5. The SMILES string of the molecule is CC(C)(C)OC(=O)N1CC(C)(CO[Si](C)(C)C(C)(C)C)c2cc(-c3ccnc(Nc4cnc5c(c4)COCC5)n3)cc(C#N)c21. The van der Waals surface area contributed by atoms with Gasteiger partial charge in [-0.3, -0.25) is 9.88 Å². The number of carbonyl (C=O) groups is 1. The molecule has 2 aromatic heterocycles. The predicted molar refractivity (Wildman–Crippen MR) is 177 cm³/mol. The number of anilines is 3. The number of amides is 1. The quantitative estimate of drug-likeness (QED) is 0.281. The summed E-state index contributed by atoms with van der Waals surface area (Å²) in [6, 6.07) is 9.98. The Morgan fingerprint density at radius 1 is 1.18 bits per heavy atom. The zero-order chi connectivity index (χ0) is 32.8. The van der Waals surface area contributed by atoms with Crippen molar-refractivity contribution >= 4 is 31.7 Å². The molecule has 1 unspecified atom stereocenters. The molecule has 2 aliphatic heterocycles. The van der Waals surface area contributed by atoms with Crippen LogP contribution in [0, 0.1) is 11.3 Å². The third kappa shape index (κ3) is 6.88. The van der Waals surface area contributed by atoms with E-state index in [0.29, 0.717) is 49.3 Å². The number of aromatic nitrogens is 3. The van der Waals surface area contributed by atoms with E-state index in [1.165, 1.54) is 0 Å². The van der Waals surface area contributed by atoms with Crippen LogP contribution >= 0.6 is 0 Å². The summed E-state index contributed by atoms with van der Waals surface area (Å²) in [5.41, 5.74) is 4.77. The Hall–Kier alpha value is -3.85. The van der Waals surface area contributed by atoms with E-state index in [2.05, 4.69) is 62.1 Å². The van der Waals surface area contributed by atoms with Crippen molar-refractivity contribution in [1.29, 1.82) is 5.26 Å². The van der Waals surface area contributed by atoms with Crippen LogP contribution in [0.15, 0.2) is 36.7 Å². The average Bonchev–Trinajstić information content (AvgIpc) is 3.27. The third-order valence-electron chi connectivity index (χ3n) is 8.84. The van der Waals surface area contributed by atoms with Crippen molar-refractivity contribution in [2.45, 2.75) is 90.6 Å². The topological polar surface area (TPSA) is 122 Å². The lowest BCUT2D eigenvalue weighted by atomic mass is 9.83. The molecule has 0 radical (unpaired) electrons. The number of rotatable bonds is 6. The highest BCUT2D eigenvalue weighted by molar-refractivity contribution is 6.74. The molecule has 2 aliphatic rings. The van der Waals surface area contributed by atoms with Crippen LogP contribution in [-0.4, -0.2) is 54.7 Å². The minimum absolute atomic E-state index is 0.0142. The molecule has 0 aliphatic carbocycles. The van der Waals surface area contributed by atoms with Gasteiger partial charge < -0.3 is 19.2 Å². The number of hydrogen-bond acceptors (Lipinski definition) is 9. The molecule has 10 nitrogen and oxygen atoms in total. The van der Waals surface area contributed by atoms with E-state index in [9.17, 15) is 10.1 Å². The van der Waals surface area contributed by atoms with Crippen LogP contribution in [0.2, 0.25) is 18.1 Å². The van der Waals surface area contributed by atoms with Gasteiger partial charge in [-0.1, -0.05) is 27.7 Å². The number of hydrogen-bond donors (Lipinski definition) is 1. The van der Waals surface area contributed by atoms with Gasteiger partial charge in [0.1, 0.15) is 11.7 Å². The largest absolute Gasteiger partial charge is 0.443 e. The number of carbonyl (C=O) groups excluding carboxylic acids is 1. The first-order valence-corrected chi connectivity index (χ1v) is 18.3. The second-order valence-corrected chi connectivity index (χ2v) is 19.5. The predicted octanol–water partition coefficient (Wildman–Crippen LogP) is 7.26. The first-order valence-electron chi connectivity index (χ1n) is 15.4. The number of fused-ring (bicyclic) bond motifs is 2. The highest BCUT2D eigenvalue weighted by atomic mass is 28.4. The van der Waals surface area contributed by atoms with Gasteiger partial charge in [0.25, 0.3) is 0 Å². The molecule has 0 saturated heterocycles. The van der Waals surface area contributed by atoms with Gasteiger partial charge >= 0.3 is 6.09 Å². The molecular formula is C34H44N6O4Si. The molecule has 1 atom stereocenters. The van der Waals surface area contributed by atoms with Gasteiger partial charge in [-0.2, -0.15) is 5.26 Å². The van der Waals surface area contributed by atoms with E-state index in [1.807, 2.05) is 39.0 Å². The maximum atomic E-state index is 13.5. The zero-order valence-electron chi connectivity index (χ0n) is 27.9. The lowest BCUT2D eigenvalue weighted by Crippen LogP contribution is -2.46. The smallest absolute Gasteiger partial charge is 0.414 e. The highest BCUT2D eigenvalue weighted by Gasteiger charge is 2.47. The summed E-state index contributed by atoms with van der Waals surface area (Å²) in [5.74, 6) is 0.407. The molecule has 0 bridgehead atoms. The van der Waals surface area contributed by atoms with Gasteiger partial charge in [-0.15, -0.1) is 0 Å². The fraction of sp³-hybridized carbons (Fsp3) is 0.500. The standard InChI is InChI=1S/C34H44N6O4Si/c1-32(2,3)44-31(41)40-20-34(7,21-43-45(8,9)33(4,5)6)26-16-22(14-23(17-35)29(26)40)28-10-12-36-30(39-28)38-25-15-24-19-42-13-11-27(24)37-18-25/h10,12,14-16,18H,11,13,19-21H2,1-9H3,(H,36,38,39). The molecule has 3 aromatic rings. The molecule has 0 fully saturated rings. The molecule has 4 heterocycles. The maximum Gasteiger partial charge on any atom is 0.414 e. The molecule has 1 amide bonds. The fourth-order valence-corrected chi connectivity index (χ4v) is 6.41.